The molecule has 0 saturated heterocycles. The monoisotopic (exact) mass is 401 g/mol. The molecule has 0 radical (unpaired) electrons. The maximum atomic E-state index is 13.0. The van der Waals surface area contributed by atoms with Crippen molar-refractivity contribution in [3.63, 3.8) is 0 Å². The van der Waals surface area contributed by atoms with Crippen LogP contribution in [0.4, 0.5) is 0 Å². The standard InChI is InChI=1S/C23H23N5O2/c29-21(25-13-8-17-5-2-1-3-6-17)16-28-14-4-7-20-19(23(28)30)15-26-22(27-20)18-9-11-24-12-10-18/h1-3,5-6,9-12,15H,4,7-8,13-14,16H2,(H,25,29). The van der Waals surface area contributed by atoms with E-state index < -0.39 is 0 Å². The summed E-state index contributed by atoms with van der Waals surface area (Å²) in [7, 11) is 0. The predicted octanol–water partition coefficient (Wildman–Crippen LogP) is 2.29. The van der Waals surface area contributed by atoms with Crippen LogP contribution in [0.2, 0.25) is 0 Å². The quantitative estimate of drug-likeness (QED) is 0.685. The van der Waals surface area contributed by atoms with E-state index in [1.54, 1.807) is 23.5 Å². The highest BCUT2D eigenvalue weighted by atomic mass is 16.2. The number of nitrogens with one attached hydrogen (secondary N) is 1. The topological polar surface area (TPSA) is 88.1 Å². The molecular weight excluding hydrogens is 378 g/mol. The Morgan fingerprint density at radius 3 is 2.70 bits per heavy atom. The van der Waals surface area contributed by atoms with Crippen molar-refractivity contribution in [2.24, 2.45) is 0 Å². The Hall–Kier alpha value is -3.61. The van der Waals surface area contributed by atoms with Crippen LogP contribution in [0.1, 0.15) is 28.0 Å². The summed E-state index contributed by atoms with van der Waals surface area (Å²) in [4.78, 5) is 39.9. The van der Waals surface area contributed by atoms with Gasteiger partial charge in [-0.3, -0.25) is 14.6 Å². The Morgan fingerprint density at radius 2 is 1.90 bits per heavy atom. The maximum Gasteiger partial charge on any atom is 0.257 e. The minimum atomic E-state index is -0.193. The van der Waals surface area contributed by atoms with Crippen molar-refractivity contribution in [2.75, 3.05) is 19.6 Å². The number of fused-ring (bicyclic) bond motifs is 1. The zero-order valence-corrected chi connectivity index (χ0v) is 16.6. The fraction of sp³-hybridized carbons (Fsp3) is 0.261. The molecule has 3 aromatic rings. The second-order valence-corrected chi connectivity index (χ2v) is 7.21. The number of hydrogen-bond acceptors (Lipinski definition) is 5. The van der Waals surface area contributed by atoms with E-state index in [0.29, 0.717) is 30.9 Å². The lowest BCUT2D eigenvalue weighted by molar-refractivity contribution is -0.121. The fourth-order valence-corrected chi connectivity index (χ4v) is 3.51. The van der Waals surface area contributed by atoms with Crippen molar-refractivity contribution in [1.82, 2.24) is 25.2 Å². The van der Waals surface area contributed by atoms with Crippen molar-refractivity contribution < 1.29 is 9.59 Å². The number of aryl methyl sites for hydroxylation is 1. The molecule has 2 aromatic heterocycles. The van der Waals surface area contributed by atoms with Gasteiger partial charge in [0, 0.05) is 37.2 Å². The van der Waals surface area contributed by atoms with Crippen LogP contribution in [0.25, 0.3) is 11.4 Å². The number of hydrogen-bond donors (Lipinski definition) is 1. The van der Waals surface area contributed by atoms with Crippen molar-refractivity contribution in [1.29, 1.82) is 0 Å². The maximum absolute atomic E-state index is 13.0. The summed E-state index contributed by atoms with van der Waals surface area (Å²) in [6, 6.07) is 13.7. The molecule has 3 heterocycles. The number of amides is 2. The van der Waals surface area contributed by atoms with Gasteiger partial charge in [-0.25, -0.2) is 9.97 Å². The third-order valence-corrected chi connectivity index (χ3v) is 5.08. The molecule has 7 nitrogen and oxygen atoms in total. The van der Waals surface area contributed by atoms with E-state index in [9.17, 15) is 9.59 Å². The third-order valence-electron chi connectivity index (χ3n) is 5.08. The largest absolute Gasteiger partial charge is 0.354 e. The highest BCUT2D eigenvalue weighted by Crippen LogP contribution is 2.20. The predicted molar refractivity (Wildman–Crippen MR) is 113 cm³/mol. The van der Waals surface area contributed by atoms with Crippen molar-refractivity contribution in [3.05, 3.63) is 77.9 Å². The Morgan fingerprint density at radius 1 is 1.10 bits per heavy atom. The van der Waals surface area contributed by atoms with Crippen LogP contribution in [-0.2, 0) is 17.6 Å². The van der Waals surface area contributed by atoms with Gasteiger partial charge in [0.25, 0.3) is 5.91 Å². The number of rotatable bonds is 6. The van der Waals surface area contributed by atoms with Crippen LogP contribution in [0.15, 0.2) is 61.1 Å². The number of nitrogens with zero attached hydrogens (tertiary/aromatic N) is 4. The second-order valence-electron chi connectivity index (χ2n) is 7.21. The molecule has 0 bridgehead atoms. The molecule has 1 N–H and O–H groups in total. The fourth-order valence-electron chi connectivity index (χ4n) is 3.51. The molecule has 152 valence electrons. The average Bonchev–Trinajstić information content (AvgIpc) is 2.93. The first-order chi connectivity index (χ1) is 14.7. The van der Waals surface area contributed by atoms with Gasteiger partial charge >= 0.3 is 0 Å². The van der Waals surface area contributed by atoms with Gasteiger partial charge in [-0.15, -0.1) is 0 Å². The molecule has 0 unspecified atom stereocenters. The van der Waals surface area contributed by atoms with Crippen LogP contribution in [0.5, 0.6) is 0 Å². The first-order valence-electron chi connectivity index (χ1n) is 10.1. The van der Waals surface area contributed by atoms with Crippen molar-refractivity contribution in [2.45, 2.75) is 19.3 Å². The van der Waals surface area contributed by atoms with Gasteiger partial charge in [-0.05, 0) is 37.0 Å². The smallest absolute Gasteiger partial charge is 0.257 e. The molecule has 0 fully saturated rings. The first-order valence-corrected chi connectivity index (χ1v) is 10.1. The summed E-state index contributed by atoms with van der Waals surface area (Å²) in [6.07, 6.45) is 7.14. The van der Waals surface area contributed by atoms with Crippen LogP contribution in [0, 0.1) is 0 Å². The average molecular weight is 401 g/mol. The zero-order valence-electron chi connectivity index (χ0n) is 16.6. The Kier molecular flexibility index (Phi) is 6.08. The molecular formula is C23H23N5O2. The zero-order chi connectivity index (χ0) is 20.8. The van der Waals surface area contributed by atoms with E-state index in [-0.39, 0.29) is 18.4 Å². The summed E-state index contributed by atoms with van der Waals surface area (Å²) in [5.41, 5.74) is 3.23. The van der Waals surface area contributed by atoms with E-state index in [2.05, 4.69) is 20.3 Å². The minimum Gasteiger partial charge on any atom is -0.354 e. The Bertz CT molecular complexity index is 1020. The van der Waals surface area contributed by atoms with Gasteiger partial charge in [0.1, 0.15) is 0 Å². The van der Waals surface area contributed by atoms with Gasteiger partial charge in [0.15, 0.2) is 5.82 Å². The lowest BCUT2D eigenvalue weighted by Gasteiger charge is -2.20. The van der Waals surface area contributed by atoms with E-state index in [4.69, 9.17) is 0 Å². The van der Waals surface area contributed by atoms with Crippen LogP contribution < -0.4 is 5.32 Å². The van der Waals surface area contributed by atoms with E-state index in [0.717, 1.165) is 24.1 Å². The molecule has 0 aliphatic carbocycles. The molecule has 30 heavy (non-hydrogen) atoms. The number of pyridine rings is 1. The summed E-state index contributed by atoms with van der Waals surface area (Å²) >= 11 is 0. The summed E-state index contributed by atoms with van der Waals surface area (Å²) in [5, 5.41) is 2.90. The normalized spacial score (nSPS) is 13.5. The van der Waals surface area contributed by atoms with Crippen LogP contribution >= 0.6 is 0 Å². The summed E-state index contributed by atoms with van der Waals surface area (Å²) in [5.74, 6) is 0.232. The second kappa shape index (κ2) is 9.26. The Labute approximate surface area is 175 Å². The molecule has 0 atom stereocenters. The van der Waals surface area contributed by atoms with Gasteiger partial charge in [0.05, 0.1) is 17.8 Å². The Balaban J connectivity index is 1.39. The summed E-state index contributed by atoms with van der Waals surface area (Å²) < 4.78 is 0. The molecule has 0 spiro atoms. The lowest BCUT2D eigenvalue weighted by atomic mass is 10.1. The van der Waals surface area contributed by atoms with E-state index in [1.807, 2.05) is 42.5 Å². The molecule has 2 amide bonds. The van der Waals surface area contributed by atoms with Gasteiger partial charge in [0.2, 0.25) is 5.91 Å². The molecule has 1 aliphatic rings. The highest BCUT2D eigenvalue weighted by molar-refractivity contribution is 5.97. The van der Waals surface area contributed by atoms with Gasteiger partial charge in [-0.1, -0.05) is 30.3 Å². The SMILES string of the molecule is O=C(CN1CCCc2nc(-c3ccncc3)ncc2C1=O)NCCc1ccccc1. The number of benzene rings is 1. The van der Waals surface area contributed by atoms with E-state index in [1.165, 1.54) is 5.56 Å². The number of aromatic nitrogens is 3. The number of carbonyl (C=O) groups excluding carboxylic acids is 2. The van der Waals surface area contributed by atoms with Gasteiger partial charge in [-0.2, -0.15) is 0 Å². The van der Waals surface area contributed by atoms with Gasteiger partial charge < -0.3 is 10.2 Å². The lowest BCUT2D eigenvalue weighted by Crippen LogP contribution is -2.41. The molecule has 1 aliphatic heterocycles. The third kappa shape index (κ3) is 4.68. The highest BCUT2D eigenvalue weighted by Gasteiger charge is 2.25. The van der Waals surface area contributed by atoms with E-state index >= 15 is 0 Å². The molecule has 4 rings (SSSR count). The van der Waals surface area contributed by atoms with Crippen LogP contribution in [0.3, 0.4) is 0 Å². The molecule has 0 saturated carbocycles. The summed E-state index contributed by atoms with van der Waals surface area (Å²) in [6.45, 7) is 1.10. The number of carbonyl (C=O) groups is 2. The minimum absolute atomic E-state index is 0.0408. The first kappa shape index (κ1) is 19.7. The molecule has 7 heteroatoms. The molecule has 1 aromatic carbocycles. The van der Waals surface area contributed by atoms with Crippen molar-refractivity contribution in [3.8, 4) is 11.4 Å². The van der Waals surface area contributed by atoms with Crippen LogP contribution in [-0.4, -0.2) is 51.3 Å². The van der Waals surface area contributed by atoms with Crippen molar-refractivity contribution >= 4 is 11.8 Å².